The fraction of sp³-hybridized carbons (Fsp3) is 0.200. The number of hydrogen-bond donors (Lipinski definition) is 2. The van der Waals surface area contributed by atoms with Gasteiger partial charge < -0.3 is 20.0 Å². The number of carbonyl (C=O) groups excluding carboxylic acids is 2. The van der Waals surface area contributed by atoms with E-state index in [4.69, 9.17) is 4.42 Å². The molecule has 0 saturated heterocycles. The van der Waals surface area contributed by atoms with Gasteiger partial charge in [0.15, 0.2) is 5.13 Å². The van der Waals surface area contributed by atoms with Crippen molar-refractivity contribution in [1.29, 1.82) is 0 Å². The van der Waals surface area contributed by atoms with Crippen LogP contribution in [-0.2, 0) is 17.9 Å². The number of carbonyl (C=O) groups is 2. The van der Waals surface area contributed by atoms with Crippen LogP contribution in [0, 0.1) is 6.92 Å². The van der Waals surface area contributed by atoms with Crippen LogP contribution in [-0.4, -0.2) is 33.2 Å². The van der Waals surface area contributed by atoms with Crippen LogP contribution in [0.2, 0.25) is 0 Å². The van der Waals surface area contributed by atoms with E-state index in [0.29, 0.717) is 23.1 Å². The average molecular weight is 476 g/mol. The number of benzene rings is 1. The van der Waals surface area contributed by atoms with Crippen molar-refractivity contribution in [3.05, 3.63) is 95.1 Å². The molecule has 174 valence electrons. The number of nitrogens with zero attached hydrogens (tertiary/aromatic N) is 3. The molecule has 0 atom stereocenters. The Kier molecular flexibility index (Phi) is 7.67. The Labute approximate surface area is 201 Å². The molecular formula is C25H25N5O3S. The molecule has 3 aromatic heterocycles. The van der Waals surface area contributed by atoms with E-state index in [-0.39, 0.29) is 31.3 Å². The molecule has 0 radical (unpaired) electrons. The Morgan fingerprint density at radius 1 is 1.12 bits per heavy atom. The van der Waals surface area contributed by atoms with Gasteiger partial charge in [0, 0.05) is 43.0 Å². The zero-order valence-electron chi connectivity index (χ0n) is 18.7. The maximum absolute atomic E-state index is 13.2. The third-order valence-electron chi connectivity index (χ3n) is 5.05. The zero-order valence-corrected chi connectivity index (χ0v) is 19.5. The Bertz CT molecular complexity index is 1220. The number of aryl methyl sites for hydroxylation is 1. The lowest BCUT2D eigenvalue weighted by Gasteiger charge is -2.20. The lowest BCUT2D eigenvalue weighted by Crippen LogP contribution is -2.35. The molecule has 9 heteroatoms. The smallest absolute Gasteiger partial charge is 0.273 e. The molecule has 34 heavy (non-hydrogen) atoms. The van der Waals surface area contributed by atoms with Crippen LogP contribution >= 0.6 is 11.3 Å². The number of anilines is 2. The summed E-state index contributed by atoms with van der Waals surface area (Å²) < 4.78 is 5.43. The van der Waals surface area contributed by atoms with E-state index in [1.807, 2.05) is 43.3 Å². The largest absolute Gasteiger partial charge is 0.467 e. The Hall–Kier alpha value is -3.98. The molecule has 4 aromatic rings. The number of thiazole rings is 1. The maximum Gasteiger partial charge on any atom is 0.273 e. The van der Waals surface area contributed by atoms with Crippen LogP contribution in [0.1, 0.15) is 33.8 Å². The highest BCUT2D eigenvalue weighted by atomic mass is 32.1. The third-order valence-corrected chi connectivity index (χ3v) is 5.81. The van der Waals surface area contributed by atoms with Gasteiger partial charge in [-0.25, -0.2) is 4.98 Å². The highest BCUT2D eigenvalue weighted by molar-refractivity contribution is 7.14. The second-order valence-electron chi connectivity index (χ2n) is 7.72. The SMILES string of the molecule is Cc1cccc(Nc2nc(C(=O)N(CCC(=O)NCc3ccncc3)Cc3ccco3)cs2)c1. The molecule has 2 amide bonds. The van der Waals surface area contributed by atoms with Crippen molar-refractivity contribution in [2.75, 3.05) is 11.9 Å². The van der Waals surface area contributed by atoms with E-state index in [1.54, 1.807) is 41.1 Å². The molecule has 0 unspecified atom stereocenters. The van der Waals surface area contributed by atoms with Gasteiger partial charge in [-0.3, -0.25) is 14.6 Å². The molecule has 8 nitrogen and oxygen atoms in total. The summed E-state index contributed by atoms with van der Waals surface area (Å²) in [6.45, 7) is 2.91. The molecule has 0 aliphatic carbocycles. The average Bonchev–Trinajstić information content (AvgIpc) is 3.53. The minimum Gasteiger partial charge on any atom is -0.467 e. The molecule has 4 rings (SSSR count). The van der Waals surface area contributed by atoms with Crippen molar-refractivity contribution in [3.8, 4) is 0 Å². The third kappa shape index (κ3) is 6.52. The predicted octanol–water partition coefficient (Wildman–Crippen LogP) is 4.53. The first-order valence-corrected chi connectivity index (χ1v) is 11.7. The summed E-state index contributed by atoms with van der Waals surface area (Å²) in [4.78, 5) is 35.7. The number of furan rings is 1. The number of aromatic nitrogens is 2. The van der Waals surface area contributed by atoms with Gasteiger partial charge in [-0.2, -0.15) is 0 Å². The molecule has 0 fully saturated rings. The summed E-state index contributed by atoms with van der Waals surface area (Å²) in [6.07, 6.45) is 5.09. The van der Waals surface area contributed by atoms with Crippen LogP contribution in [0.5, 0.6) is 0 Å². The quantitative estimate of drug-likeness (QED) is 0.349. The van der Waals surface area contributed by atoms with Crippen LogP contribution < -0.4 is 10.6 Å². The first kappa shape index (κ1) is 23.2. The summed E-state index contributed by atoms with van der Waals surface area (Å²) in [5.74, 6) is 0.236. The molecular weight excluding hydrogens is 450 g/mol. The molecule has 0 aliphatic heterocycles. The van der Waals surface area contributed by atoms with Gasteiger partial charge in [0.1, 0.15) is 11.5 Å². The molecule has 0 aliphatic rings. The number of nitrogens with one attached hydrogen (secondary N) is 2. The Balaban J connectivity index is 1.39. The summed E-state index contributed by atoms with van der Waals surface area (Å²) in [7, 11) is 0. The first-order chi connectivity index (χ1) is 16.6. The summed E-state index contributed by atoms with van der Waals surface area (Å²) in [5, 5.41) is 8.46. The van der Waals surface area contributed by atoms with Crippen molar-refractivity contribution < 1.29 is 14.0 Å². The van der Waals surface area contributed by atoms with Crippen LogP contribution in [0.4, 0.5) is 10.8 Å². The lowest BCUT2D eigenvalue weighted by atomic mass is 10.2. The molecule has 0 spiro atoms. The van der Waals surface area contributed by atoms with Crippen LogP contribution in [0.3, 0.4) is 0 Å². The second-order valence-corrected chi connectivity index (χ2v) is 8.58. The monoisotopic (exact) mass is 475 g/mol. The van der Waals surface area contributed by atoms with E-state index >= 15 is 0 Å². The van der Waals surface area contributed by atoms with Gasteiger partial charge in [0.25, 0.3) is 5.91 Å². The molecule has 3 heterocycles. The van der Waals surface area contributed by atoms with Gasteiger partial charge >= 0.3 is 0 Å². The van der Waals surface area contributed by atoms with Crippen molar-refractivity contribution in [3.63, 3.8) is 0 Å². The van der Waals surface area contributed by atoms with Crippen molar-refractivity contribution in [2.24, 2.45) is 0 Å². The summed E-state index contributed by atoms with van der Waals surface area (Å²) in [6, 6.07) is 15.2. The fourth-order valence-corrected chi connectivity index (χ4v) is 4.01. The van der Waals surface area contributed by atoms with E-state index in [9.17, 15) is 9.59 Å². The Morgan fingerprint density at radius 2 is 1.97 bits per heavy atom. The fourth-order valence-electron chi connectivity index (χ4n) is 3.31. The molecule has 0 saturated carbocycles. The van der Waals surface area contributed by atoms with Crippen molar-refractivity contribution in [1.82, 2.24) is 20.2 Å². The number of pyridine rings is 1. The molecule has 1 aromatic carbocycles. The number of rotatable bonds is 10. The normalized spacial score (nSPS) is 10.6. The second kappa shape index (κ2) is 11.2. The lowest BCUT2D eigenvalue weighted by molar-refractivity contribution is -0.121. The topological polar surface area (TPSA) is 100 Å². The van der Waals surface area contributed by atoms with Crippen molar-refractivity contribution in [2.45, 2.75) is 26.4 Å². The maximum atomic E-state index is 13.2. The van der Waals surface area contributed by atoms with E-state index in [1.165, 1.54) is 11.3 Å². The number of hydrogen-bond acceptors (Lipinski definition) is 7. The van der Waals surface area contributed by atoms with Gasteiger partial charge in [-0.1, -0.05) is 12.1 Å². The zero-order chi connectivity index (χ0) is 23.8. The minimum absolute atomic E-state index is 0.144. The van der Waals surface area contributed by atoms with Gasteiger partial charge in [0.05, 0.1) is 12.8 Å². The standard InChI is InChI=1S/C25H25N5O3S/c1-18-4-2-5-20(14-18)28-25-29-22(17-34-25)24(32)30(16-21-6-3-13-33-21)12-9-23(31)27-15-19-7-10-26-11-8-19/h2-8,10-11,13-14,17H,9,12,15-16H2,1H3,(H,27,31)(H,28,29). The first-order valence-electron chi connectivity index (χ1n) is 10.8. The minimum atomic E-state index is -0.258. The summed E-state index contributed by atoms with van der Waals surface area (Å²) >= 11 is 1.36. The predicted molar refractivity (Wildman–Crippen MR) is 131 cm³/mol. The van der Waals surface area contributed by atoms with Crippen LogP contribution in [0.25, 0.3) is 0 Å². The van der Waals surface area contributed by atoms with E-state index < -0.39 is 0 Å². The van der Waals surface area contributed by atoms with Crippen molar-refractivity contribution >= 4 is 34.0 Å². The number of amides is 2. The van der Waals surface area contributed by atoms with Crippen LogP contribution in [0.15, 0.2) is 77.0 Å². The summed E-state index contributed by atoms with van der Waals surface area (Å²) in [5.41, 5.74) is 3.32. The highest BCUT2D eigenvalue weighted by Gasteiger charge is 2.21. The Morgan fingerprint density at radius 3 is 2.74 bits per heavy atom. The highest BCUT2D eigenvalue weighted by Crippen LogP contribution is 2.23. The van der Waals surface area contributed by atoms with E-state index in [0.717, 1.165) is 16.8 Å². The molecule has 0 bridgehead atoms. The van der Waals surface area contributed by atoms with E-state index in [2.05, 4.69) is 20.6 Å². The van der Waals surface area contributed by atoms with Gasteiger partial charge in [-0.15, -0.1) is 11.3 Å². The molecule has 2 N–H and O–H groups in total. The van der Waals surface area contributed by atoms with Gasteiger partial charge in [-0.05, 0) is 54.4 Å². The van der Waals surface area contributed by atoms with Gasteiger partial charge in [0.2, 0.25) is 5.91 Å².